The average molecular weight is 299 g/mol. The third kappa shape index (κ3) is 2.81. The van der Waals surface area contributed by atoms with E-state index < -0.39 is 5.54 Å². The fraction of sp³-hybridized carbons (Fsp3) is 0.188. The summed E-state index contributed by atoms with van der Waals surface area (Å²) in [6.45, 7) is 2.02. The minimum atomic E-state index is -0.451. The molecular weight excluding hydrogens is 284 g/mol. The van der Waals surface area contributed by atoms with Crippen LogP contribution >= 0.6 is 11.6 Å². The van der Waals surface area contributed by atoms with E-state index in [4.69, 9.17) is 11.6 Å². The first-order valence-electron chi connectivity index (χ1n) is 6.70. The standard InChI is InChI=1S/C16H15ClN4/c1-16(11-17,12-7-3-2-4-8-12)19-15-18-13-9-5-6-10-14(13)20-21-15/h2-10H,11H2,1H3,(H,18,19,21). The maximum Gasteiger partial charge on any atom is 0.244 e. The second kappa shape index (κ2) is 5.66. The fourth-order valence-electron chi connectivity index (χ4n) is 2.17. The third-order valence-corrected chi connectivity index (χ3v) is 3.96. The van der Waals surface area contributed by atoms with Gasteiger partial charge in [-0.15, -0.1) is 21.8 Å². The second-order valence-corrected chi connectivity index (χ2v) is 5.35. The lowest BCUT2D eigenvalue weighted by atomic mass is 9.94. The molecule has 5 heteroatoms. The second-order valence-electron chi connectivity index (χ2n) is 5.08. The van der Waals surface area contributed by atoms with Crippen LogP contribution < -0.4 is 5.32 Å². The van der Waals surface area contributed by atoms with Gasteiger partial charge in [0, 0.05) is 5.88 Å². The third-order valence-electron chi connectivity index (χ3n) is 3.43. The minimum absolute atomic E-state index is 0.396. The van der Waals surface area contributed by atoms with Crippen molar-refractivity contribution in [2.24, 2.45) is 0 Å². The molecule has 4 nitrogen and oxygen atoms in total. The number of fused-ring (bicyclic) bond motifs is 1. The van der Waals surface area contributed by atoms with Gasteiger partial charge < -0.3 is 5.32 Å². The summed E-state index contributed by atoms with van der Waals surface area (Å²) in [7, 11) is 0. The number of aromatic nitrogens is 3. The van der Waals surface area contributed by atoms with Gasteiger partial charge in [0.05, 0.1) is 11.1 Å². The van der Waals surface area contributed by atoms with Crippen LogP contribution in [0.5, 0.6) is 0 Å². The van der Waals surface area contributed by atoms with Gasteiger partial charge in [-0.1, -0.05) is 42.5 Å². The van der Waals surface area contributed by atoms with E-state index >= 15 is 0 Å². The molecule has 2 aromatic carbocycles. The number of halogens is 1. The lowest BCUT2D eigenvalue weighted by molar-refractivity contribution is 0.607. The Bertz CT molecular complexity index is 747. The number of para-hydroxylation sites is 1. The van der Waals surface area contributed by atoms with Gasteiger partial charge in [-0.3, -0.25) is 0 Å². The van der Waals surface area contributed by atoms with E-state index in [-0.39, 0.29) is 0 Å². The Morgan fingerprint density at radius 1 is 0.952 bits per heavy atom. The van der Waals surface area contributed by atoms with Crippen LogP contribution in [0.15, 0.2) is 54.6 Å². The molecule has 3 rings (SSSR count). The molecule has 1 heterocycles. The molecule has 1 unspecified atom stereocenters. The number of alkyl halides is 1. The van der Waals surface area contributed by atoms with Gasteiger partial charge in [0.1, 0.15) is 5.52 Å². The summed E-state index contributed by atoms with van der Waals surface area (Å²) in [5.41, 5.74) is 2.21. The highest BCUT2D eigenvalue weighted by Crippen LogP contribution is 2.26. The quantitative estimate of drug-likeness (QED) is 0.748. The van der Waals surface area contributed by atoms with Crippen molar-refractivity contribution in [3.63, 3.8) is 0 Å². The summed E-state index contributed by atoms with van der Waals surface area (Å²) < 4.78 is 0. The van der Waals surface area contributed by atoms with Gasteiger partial charge in [-0.25, -0.2) is 4.98 Å². The predicted molar refractivity (Wildman–Crippen MR) is 85.5 cm³/mol. The van der Waals surface area contributed by atoms with E-state index in [2.05, 4.69) is 20.5 Å². The fourth-order valence-corrected chi connectivity index (χ4v) is 2.39. The van der Waals surface area contributed by atoms with Crippen molar-refractivity contribution in [2.45, 2.75) is 12.5 Å². The summed E-state index contributed by atoms with van der Waals surface area (Å²) in [5, 5.41) is 11.6. The topological polar surface area (TPSA) is 50.7 Å². The Morgan fingerprint density at radius 2 is 1.62 bits per heavy atom. The zero-order valence-electron chi connectivity index (χ0n) is 11.6. The zero-order chi connectivity index (χ0) is 14.7. The molecule has 1 aromatic heterocycles. The smallest absolute Gasteiger partial charge is 0.244 e. The monoisotopic (exact) mass is 298 g/mol. The first-order chi connectivity index (χ1) is 10.2. The highest BCUT2D eigenvalue weighted by Gasteiger charge is 2.26. The van der Waals surface area contributed by atoms with E-state index in [1.165, 1.54) is 0 Å². The molecule has 0 spiro atoms. The van der Waals surface area contributed by atoms with Gasteiger partial charge in [0.2, 0.25) is 5.95 Å². The number of benzene rings is 2. The Kier molecular flexibility index (Phi) is 3.71. The molecule has 106 valence electrons. The van der Waals surface area contributed by atoms with Crippen LogP contribution in [-0.4, -0.2) is 21.1 Å². The Balaban J connectivity index is 1.95. The van der Waals surface area contributed by atoms with E-state index in [0.717, 1.165) is 16.6 Å². The maximum absolute atomic E-state index is 6.17. The first kappa shape index (κ1) is 13.8. The number of nitrogens with zero attached hydrogens (tertiary/aromatic N) is 3. The van der Waals surface area contributed by atoms with Crippen LogP contribution in [0.4, 0.5) is 5.95 Å². The van der Waals surface area contributed by atoms with Crippen LogP contribution in [0, 0.1) is 0 Å². The lowest BCUT2D eigenvalue weighted by Crippen LogP contribution is -2.34. The van der Waals surface area contributed by atoms with E-state index in [0.29, 0.717) is 11.8 Å². The normalized spacial score (nSPS) is 13.8. The largest absolute Gasteiger partial charge is 0.342 e. The Hall–Kier alpha value is -2.20. The van der Waals surface area contributed by atoms with Crippen molar-refractivity contribution in [1.82, 2.24) is 15.2 Å². The molecule has 0 aliphatic heterocycles. The van der Waals surface area contributed by atoms with Crippen molar-refractivity contribution in [3.8, 4) is 0 Å². The SMILES string of the molecule is CC(CCl)(Nc1nnc2ccccc2n1)c1ccccc1. The Morgan fingerprint density at radius 3 is 2.33 bits per heavy atom. The molecule has 0 aliphatic carbocycles. The van der Waals surface area contributed by atoms with Crippen molar-refractivity contribution in [3.05, 3.63) is 60.2 Å². The summed E-state index contributed by atoms with van der Waals surface area (Å²) in [4.78, 5) is 4.49. The van der Waals surface area contributed by atoms with E-state index in [9.17, 15) is 0 Å². The van der Waals surface area contributed by atoms with Gasteiger partial charge in [-0.05, 0) is 24.6 Å². The van der Waals surface area contributed by atoms with Crippen LogP contribution in [0.3, 0.4) is 0 Å². The highest BCUT2D eigenvalue weighted by atomic mass is 35.5. The molecule has 0 radical (unpaired) electrons. The van der Waals surface area contributed by atoms with Crippen LogP contribution in [0.25, 0.3) is 11.0 Å². The van der Waals surface area contributed by atoms with E-state index in [1.54, 1.807) is 0 Å². The van der Waals surface area contributed by atoms with Crippen LogP contribution in [-0.2, 0) is 5.54 Å². The van der Waals surface area contributed by atoms with Crippen molar-refractivity contribution in [2.75, 3.05) is 11.2 Å². The van der Waals surface area contributed by atoms with E-state index in [1.807, 2.05) is 61.5 Å². The van der Waals surface area contributed by atoms with Crippen molar-refractivity contribution in [1.29, 1.82) is 0 Å². The maximum atomic E-state index is 6.17. The molecule has 0 aliphatic rings. The molecule has 0 saturated carbocycles. The molecule has 1 atom stereocenters. The summed E-state index contributed by atoms with van der Waals surface area (Å²) in [6.07, 6.45) is 0. The van der Waals surface area contributed by atoms with Gasteiger partial charge in [-0.2, -0.15) is 0 Å². The van der Waals surface area contributed by atoms with Crippen LogP contribution in [0.1, 0.15) is 12.5 Å². The number of nitrogens with one attached hydrogen (secondary N) is 1. The molecule has 0 amide bonds. The van der Waals surface area contributed by atoms with Gasteiger partial charge in [0.25, 0.3) is 0 Å². The summed E-state index contributed by atoms with van der Waals surface area (Å²) in [6, 6.07) is 17.7. The number of rotatable bonds is 4. The minimum Gasteiger partial charge on any atom is -0.342 e. The van der Waals surface area contributed by atoms with Gasteiger partial charge >= 0.3 is 0 Å². The average Bonchev–Trinajstić information content (AvgIpc) is 2.55. The predicted octanol–water partition coefficient (Wildman–Crippen LogP) is 3.59. The summed E-state index contributed by atoms with van der Waals surface area (Å²) >= 11 is 6.17. The number of anilines is 1. The molecular formula is C16H15ClN4. The van der Waals surface area contributed by atoms with Crippen molar-refractivity contribution < 1.29 is 0 Å². The first-order valence-corrected chi connectivity index (χ1v) is 7.24. The Labute approximate surface area is 128 Å². The highest BCUT2D eigenvalue weighted by molar-refractivity contribution is 6.18. The van der Waals surface area contributed by atoms with Crippen LogP contribution in [0.2, 0.25) is 0 Å². The number of hydrogen-bond donors (Lipinski definition) is 1. The molecule has 0 fully saturated rings. The molecule has 0 saturated heterocycles. The van der Waals surface area contributed by atoms with Crippen molar-refractivity contribution >= 4 is 28.6 Å². The molecule has 0 bridgehead atoms. The summed E-state index contributed by atoms with van der Waals surface area (Å²) in [5.74, 6) is 0.869. The molecule has 1 N–H and O–H groups in total. The lowest BCUT2D eigenvalue weighted by Gasteiger charge is -2.29. The molecule has 3 aromatic rings. The molecule has 21 heavy (non-hydrogen) atoms. The number of hydrogen-bond acceptors (Lipinski definition) is 4. The zero-order valence-corrected chi connectivity index (χ0v) is 12.4. The van der Waals surface area contributed by atoms with Gasteiger partial charge in [0.15, 0.2) is 0 Å².